The molecule has 1 aliphatic heterocycles. The third kappa shape index (κ3) is 3.18. The van der Waals surface area contributed by atoms with Gasteiger partial charge < -0.3 is 14.8 Å². The number of carbonyl (C=O) groups excluding carboxylic acids is 1. The number of nitrogens with one attached hydrogen (secondary N) is 1. The van der Waals surface area contributed by atoms with Crippen molar-refractivity contribution in [1.29, 1.82) is 0 Å². The Kier molecular flexibility index (Phi) is 3.82. The number of carbonyl (C=O) groups is 1. The van der Waals surface area contributed by atoms with E-state index in [2.05, 4.69) is 21.2 Å². The molecule has 0 spiro atoms. The van der Waals surface area contributed by atoms with Crippen LogP contribution in [0.25, 0.3) is 0 Å². The Bertz CT molecular complexity index is 136. The lowest BCUT2D eigenvalue weighted by Gasteiger charge is -2.22. The first kappa shape index (κ1) is 8.96. The first-order valence-corrected chi connectivity index (χ1v) is 4.53. The van der Waals surface area contributed by atoms with Crippen LogP contribution in [0.5, 0.6) is 0 Å². The van der Waals surface area contributed by atoms with Gasteiger partial charge in [-0.2, -0.15) is 0 Å². The summed E-state index contributed by atoms with van der Waals surface area (Å²) in [5, 5.41) is 3.26. The van der Waals surface area contributed by atoms with Crippen LogP contribution < -0.4 is 5.32 Å². The Balaban J connectivity index is 2.19. The Morgan fingerprint density at radius 3 is 3.18 bits per heavy atom. The summed E-state index contributed by atoms with van der Waals surface area (Å²) in [6.07, 6.45) is -0.409. The van der Waals surface area contributed by atoms with E-state index in [1.807, 2.05) is 0 Å². The van der Waals surface area contributed by atoms with Crippen LogP contribution in [0.3, 0.4) is 0 Å². The second-order valence-corrected chi connectivity index (χ2v) is 2.69. The van der Waals surface area contributed by atoms with Crippen molar-refractivity contribution in [3.8, 4) is 0 Å². The normalized spacial score (nSPS) is 24.6. The predicted octanol–water partition coefficient (Wildman–Crippen LogP) is -0.130. The van der Waals surface area contributed by atoms with Gasteiger partial charge in [-0.25, -0.2) is 0 Å². The topological polar surface area (TPSA) is 47.6 Å². The molecule has 1 N–H and O–H groups in total. The van der Waals surface area contributed by atoms with Gasteiger partial charge in [0.2, 0.25) is 6.29 Å². The van der Waals surface area contributed by atoms with E-state index in [1.165, 1.54) is 0 Å². The number of rotatable bonds is 2. The van der Waals surface area contributed by atoms with Crippen LogP contribution in [-0.4, -0.2) is 37.3 Å². The summed E-state index contributed by atoms with van der Waals surface area (Å²) < 4.78 is 9.99. The molecule has 0 aromatic heterocycles. The van der Waals surface area contributed by atoms with Gasteiger partial charge in [-0.1, -0.05) is 15.9 Å². The van der Waals surface area contributed by atoms with E-state index in [9.17, 15) is 4.79 Å². The summed E-state index contributed by atoms with van der Waals surface area (Å²) in [5.41, 5.74) is 0. The van der Waals surface area contributed by atoms with Crippen molar-refractivity contribution in [2.75, 3.05) is 25.0 Å². The monoisotopic (exact) mass is 223 g/mol. The molecule has 1 rings (SSSR count). The summed E-state index contributed by atoms with van der Waals surface area (Å²) in [4.78, 5) is 10.7. The number of hydrogen-bond acceptors (Lipinski definition) is 4. The molecule has 0 aliphatic carbocycles. The Labute approximate surface area is 73.4 Å². The molecule has 11 heavy (non-hydrogen) atoms. The second-order valence-electron chi connectivity index (χ2n) is 2.13. The number of ether oxygens (including phenoxy) is 2. The van der Waals surface area contributed by atoms with Gasteiger partial charge in [-0.3, -0.25) is 4.79 Å². The minimum absolute atomic E-state index is 0.215. The highest BCUT2D eigenvalue weighted by molar-refractivity contribution is 9.09. The van der Waals surface area contributed by atoms with E-state index < -0.39 is 6.29 Å². The molecule has 1 heterocycles. The second kappa shape index (κ2) is 4.69. The van der Waals surface area contributed by atoms with Crippen molar-refractivity contribution in [1.82, 2.24) is 5.32 Å². The third-order valence-electron chi connectivity index (χ3n) is 1.27. The van der Waals surface area contributed by atoms with Crippen LogP contribution in [0.1, 0.15) is 0 Å². The largest absolute Gasteiger partial charge is 0.434 e. The number of hydrogen-bond donors (Lipinski definition) is 1. The van der Waals surface area contributed by atoms with Gasteiger partial charge in [0.1, 0.15) is 5.33 Å². The summed E-state index contributed by atoms with van der Waals surface area (Å²) in [5.74, 6) is -0.293. The molecule has 1 aliphatic rings. The summed E-state index contributed by atoms with van der Waals surface area (Å²) in [6, 6.07) is 0. The lowest BCUT2D eigenvalue weighted by atomic mass is 10.5. The van der Waals surface area contributed by atoms with E-state index in [4.69, 9.17) is 9.47 Å². The molecule has 0 saturated carbocycles. The van der Waals surface area contributed by atoms with Crippen LogP contribution in [-0.2, 0) is 14.3 Å². The standard InChI is InChI=1S/C6H10BrNO3/c7-3-5(9)11-6-4-8-1-2-10-6/h6,8H,1-4H2. The lowest BCUT2D eigenvalue weighted by Crippen LogP contribution is -2.41. The Morgan fingerprint density at radius 1 is 1.82 bits per heavy atom. The predicted molar refractivity (Wildman–Crippen MR) is 42.5 cm³/mol. The average molecular weight is 224 g/mol. The molecule has 1 unspecified atom stereocenters. The van der Waals surface area contributed by atoms with E-state index in [-0.39, 0.29) is 11.3 Å². The van der Waals surface area contributed by atoms with Crippen LogP contribution >= 0.6 is 15.9 Å². The van der Waals surface area contributed by atoms with Gasteiger partial charge in [-0.05, 0) is 0 Å². The molecule has 0 aromatic carbocycles. The van der Waals surface area contributed by atoms with Gasteiger partial charge in [-0.15, -0.1) is 0 Å². The summed E-state index contributed by atoms with van der Waals surface area (Å²) >= 11 is 2.99. The molecule has 1 saturated heterocycles. The van der Waals surface area contributed by atoms with Crippen molar-refractivity contribution < 1.29 is 14.3 Å². The molecule has 1 atom stereocenters. The fourth-order valence-corrected chi connectivity index (χ4v) is 0.927. The van der Waals surface area contributed by atoms with E-state index in [1.54, 1.807) is 0 Å². The minimum Gasteiger partial charge on any atom is -0.434 e. The fourth-order valence-electron chi connectivity index (χ4n) is 0.795. The molecule has 1 fully saturated rings. The highest BCUT2D eigenvalue weighted by Crippen LogP contribution is 1.99. The first-order chi connectivity index (χ1) is 5.33. The highest BCUT2D eigenvalue weighted by Gasteiger charge is 2.16. The van der Waals surface area contributed by atoms with Crippen LogP contribution in [0.2, 0.25) is 0 Å². The molecule has 0 aromatic rings. The van der Waals surface area contributed by atoms with Crippen LogP contribution in [0, 0.1) is 0 Å². The van der Waals surface area contributed by atoms with Gasteiger partial charge in [0.15, 0.2) is 0 Å². The number of morpholine rings is 1. The molecule has 0 bridgehead atoms. The van der Waals surface area contributed by atoms with Crippen molar-refractivity contribution in [2.24, 2.45) is 0 Å². The van der Waals surface area contributed by atoms with Gasteiger partial charge in [0, 0.05) is 6.54 Å². The van der Waals surface area contributed by atoms with Crippen molar-refractivity contribution in [3.05, 3.63) is 0 Å². The number of esters is 1. The fraction of sp³-hybridized carbons (Fsp3) is 0.833. The molecule has 5 heteroatoms. The van der Waals surface area contributed by atoms with E-state index in [0.29, 0.717) is 13.2 Å². The molecule has 4 nitrogen and oxygen atoms in total. The zero-order valence-electron chi connectivity index (χ0n) is 6.01. The van der Waals surface area contributed by atoms with Crippen LogP contribution in [0.4, 0.5) is 0 Å². The Morgan fingerprint density at radius 2 is 2.64 bits per heavy atom. The van der Waals surface area contributed by atoms with Gasteiger partial charge >= 0.3 is 5.97 Å². The average Bonchev–Trinajstić information content (AvgIpc) is 2.06. The van der Waals surface area contributed by atoms with Gasteiger partial charge in [0.05, 0.1) is 13.2 Å². The summed E-state index contributed by atoms with van der Waals surface area (Å²) in [6.45, 7) is 2.00. The lowest BCUT2D eigenvalue weighted by molar-refractivity contribution is -0.179. The maximum absolute atomic E-state index is 10.7. The highest BCUT2D eigenvalue weighted by atomic mass is 79.9. The quantitative estimate of drug-likeness (QED) is 0.524. The smallest absolute Gasteiger partial charge is 0.318 e. The van der Waals surface area contributed by atoms with Gasteiger partial charge in [0.25, 0.3) is 0 Å². The van der Waals surface area contributed by atoms with Crippen molar-refractivity contribution >= 4 is 21.9 Å². The van der Waals surface area contributed by atoms with Crippen LogP contribution in [0.15, 0.2) is 0 Å². The third-order valence-corrected chi connectivity index (χ3v) is 1.72. The summed E-state index contributed by atoms with van der Waals surface area (Å²) in [7, 11) is 0. The van der Waals surface area contributed by atoms with E-state index >= 15 is 0 Å². The van der Waals surface area contributed by atoms with Crippen molar-refractivity contribution in [2.45, 2.75) is 6.29 Å². The van der Waals surface area contributed by atoms with E-state index in [0.717, 1.165) is 6.54 Å². The zero-order chi connectivity index (χ0) is 8.10. The maximum atomic E-state index is 10.7. The molecule has 0 amide bonds. The van der Waals surface area contributed by atoms with Crippen molar-refractivity contribution in [3.63, 3.8) is 0 Å². The molecular formula is C6H10BrNO3. The zero-order valence-corrected chi connectivity index (χ0v) is 7.59. The Hall–Kier alpha value is -0.130. The first-order valence-electron chi connectivity index (χ1n) is 3.40. The number of halogens is 1. The minimum atomic E-state index is -0.409. The number of alkyl halides is 1. The molecule has 64 valence electrons. The molecule has 0 radical (unpaired) electrons. The maximum Gasteiger partial charge on any atom is 0.318 e. The SMILES string of the molecule is O=C(CBr)OC1CNCCO1. The molecular weight excluding hydrogens is 214 g/mol.